The summed E-state index contributed by atoms with van der Waals surface area (Å²) in [6.45, 7) is 4.47. The maximum atomic E-state index is 13.1. The predicted octanol–water partition coefficient (Wildman–Crippen LogP) is 3.91. The van der Waals surface area contributed by atoms with Crippen molar-refractivity contribution in [2.75, 3.05) is 14.2 Å². The van der Waals surface area contributed by atoms with Gasteiger partial charge in [0.25, 0.3) is 5.56 Å². The van der Waals surface area contributed by atoms with Gasteiger partial charge in [-0.3, -0.25) is 4.79 Å². The van der Waals surface area contributed by atoms with Crippen LogP contribution in [0.3, 0.4) is 0 Å². The Morgan fingerprint density at radius 1 is 1.00 bits per heavy atom. The lowest BCUT2D eigenvalue weighted by Gasteiger charge is -2.25. The highest BCUT2D eigenvalue weighted by Crippen LogP contribution is 2.30. The number of nitrogens with one attached hydrogen (secondary N) is 2. The number of aryl methyl sites for hydroxylation is 1. The Kier molecular flexibility index (Phi) is 7.62. The summed E-state index contributed by atoms with van der Waals surface area (Å²) in [6.07, 6.45) is 3.08. The van der Waals surface area contributed by atoms with Crippen molar-refractivity contribution < 1.29 is 9.47 Å². The molecule has 39 heavy (non-hydrogen) atoms. The number of imidazole rings is 1. The van der Waals surface area contributed by atoms with Gasteiger partial charge in [-0.2, -0.15) is 10.3 Å². The monoisotopic (exact) mass is 528 g/mol. The first kappa shape index (κ1) is 26.4. The third kappa shape index (κ3) is 5.36. The van der Waals surface area contributed by atoms with E-state index in [-0.39, 0.29) is 5.56 Å². The van der Waals surface area contributed by atoms with Crippen LogP contribution in [0.4, 0.5) is 0 Å². The summed E-state index contributed by atoms with van der Waals surface area (Å²) in [5.74, 6) is 0.510. The molecule has 0 aliphatic heterocycles. The summed E-state index contributed by atoms with van der Waals surface area (Å²) in [5.41, 5.74) is 5.42. The Morgan fingerprint density at radius 2 is 1.74 bits per heavy atom. The number of fused-ring (bicyclic) bond motifs is 1. The average molecular weight is 529 g/mol. The molecule has 0 unspecified atom stereocenters. The molecule has 3 heterocycles. The highest BCUT2D eigenvalue weighted by molar-refractivity contribution is 5.80. The second kappa shape index (κ2) is 11.3. The first-order valence-electron chi connectivity index (χ1n) is 13.0. The highest BCUT2D eigenvalue weighted by atomic mass is 16.7. The number of tetrazole rings is 1. The van der Waals surface area contributed by atoms with Crippen LogP contribution in [0, 0.1) is 0 Å². The minimum Gasteiger partial charge on any atom is -0.353 e. The van der Waals surface area contributed by atoms with Crippen molar-refractivity contribution in [3.8, 4) is 22.5 Å². The summed E-state index contributed by atoms with van der Waals surface area (Å²) in [4.78, 5) is 18.0. The largest absolute Gasteiger partial charge is 0.353 e. The summed E-state index contributed by atoms with van der Waals surface area (Å²) in [7, 11) is 3.17. The molecule has 0 bridgehead atoms. The minimum absolute atomic E-state index is 0.272. The molecule has 0 spiro atoms. The van der Waals surface area contributed by atoms with Gasteiger partial charge in [-0.05, 0) is 35.2 Å². The van der Waals surface area contributed by atoms with Gasteiger partial charge in [0.15, 0.2) is 5.79 Å². The van der Waals surface area contributed by atoms with Crippen LogP contribution in [0.15, 0.2) is 53.3 Å². The summed E-state index contributed by atoms with van der Waals surface area (Å²) in [6, 6.07) is 16.2. The molecule has 0 saturated heterocycles. The number of ether oxygens (including phenoxy) is 2. The normalized spacial score (nSPS) is 11.9. The van der Waals surface area contributed by atoms with Gasteiger partial charge >= 0.3 is 0 Å². The van der Waals surface area contributed by atoms with Crippen molar-refractivity contribution in [1.82, 2.24) is 40.4 Å². The van der Waals surface area contributed by atoms with Gasteiger partial charge in [0, 0.05) is 39.2 Å². The van der Waals surface area contributed by atoms with Gasteiger partial charge in [-0.15, -0.1) is 10.2 Å². The SMILES string of the molecule is CCCCc1nc2c(CC(C)(OC)OC)n[nH]c(=O)c2n1Cc1ccc(-c2ccccc2-c2nn[nH]n2)cc1. The molecule has 3 aromatic heterocycles. The number of unbranched alkanes of at least 4 members (excludes halogenated alkanes) is 1. The molecule has 11 nitrogen and oxygen atoms in total. The van der Waals surface area contributed by atoms with Gasteiger partial charge in [-0.25, -0.2) is 10.1 Å². The smallest absolute Gasteiger partial charge is 0.290 e. The predicted molar refractivity (Wildman–Crippen MR) is 147 cm³/mol. The quantitative estimate of drug-likeness (QED) is 0.246. The fraction of sp³-hybridized carbons (Fsp3) is 0.357. The standard InChI is InChI=1S/C28H32N8O3/c1-5-6-11-23-29-24-22(16-28(2,38-3)39-4)30-33-27(37)25(24)36(23)17-18-12-14-19(15-13-18)20-9-7-8-10-21(20)26-31-34-35-32-26/h7-10,12-15H,5-6,11,16-17H2,1-4H3,(H,33,37)(H,31,32,34,35). The zero-order valence-corrected chi connectivity index (χ0v) is 22.6. The van der Waals surface area contributed by atoms with Crippen LogP contribution in [0.2, 0.25) is 0 Å². The van der Waals surface area contributed by atoms with E-state index in [0.717, 1.165) is 47.3 Å². The van der Waals surface area contributed by atoms with Gasteiger partial charge in [-0.1, -0.05) is 61.9 Å². The molecule has 0 amide bonds. The number of hydrogen-bond donors (Lipinski definition) is 2. The number of benzene rings is 2. The number of hydrogen-bond acceptors (Lipinski definition) is 8. The van der Waals surface area contributed by atoms with Gasteiger partial charge in [0.1, 0.15) is 16.9 Å². The van der Waals surface area contributed by atoms with Crippen molar-refractivity contribution in [3.63, 3.8) is 0 Å². The van der Waals surface area contributed by atoms with Crippen LogP contribution in [-0.2, 0) is 28.9 Å². The fourth-order valence-electron chi connectivity index (χ4n) is 4.68. The Labute approximate surface area is 225 Å². The minimum atomic E-state index is -0.890. The third-order valence-electron chi connectivity index (χ3n) is 7.05. The molecule has 2 aromatic carbocycles. The maximum Gasteiger partial charge on any atom is 0.290 e. The van der Waals surface area contributed by atoms with E-state index in [0.29, 0.717) is 35.5 Å². The first-order chi connectivity index (χ1) is 19.0. The molecule has 0 saturated carbocycles. The molecule has 0 radical (unpaired) electrons. The lowest BCUT2D eigenvalue weighted by Crippen LogP contribution is -2.33. The summed E-state index contributed by atoms with van der Waals surface area (Å²) < 4.78 is 13.1. The molecule has 0 atom stereocenters. The van der Waals surface area contributed by atoms with Crippen molar-refractivity contribution >= 4 is 11.0 Å². The average Bonchev–Trinajstić information content (AvgIpc) is 3.63. The molecular formula is C28H32N8O3. The number of nitrogens with zero attached hydrogens (tertiary/aromatic N) is 6. The molecule has 5 aromatic rings. The molecular weight excluding hydrogens is 496 g/mol. The number of rotatable bonds is 11. The number of aromatic nitrogens is 8. The van der Waals surface area contributed by atoms with Crippen molar-refractivity contribution in [1.29, 1.82) is 0 Å². The van der Waals surface area contributed by atoms with Gasteiger partial charge in [0.05, 0.1) is 5.69 Å². The summed E-state index contributed by atoms with van der Waals surface area (Å²) >= 11 is 0. The molecule has 11 heteroatoms. The van der Waals surface area contributed by atoms with E-state index >= 15 is 0 Å². The Balaban J connectivity index is 1.52. The van der Waals surface area contributed by atoms with Gasteiger partial charge < -0.3 is 14.0 Å². The molecule has 5 rings (SSSR count). The first-order valence-corrected chi connectivity index (χ1v) is 13.0. The van der Waals surface area contributed by atoms with E-state index in [2.05, 4.69) is 62.0 Å². The molecule has 202 valence electrons. The highest BCUT2D eigenvalue weighted by Gasteiger charge is 2.28. The second-order valence-corrected chi connectivity index (χ2v) is 9.61. The Bertz CT molecular complexity index is 1600. The molecule has 0 aliphatic carbocycles. The molecule has 0 fully saturated rings. The zero-order valence-electron chi connectivity index (χ0n) is 22.6. The molecule has 0 aliphatic rings. The Morgan fingerprint density at radius 3 is 2.41 bits per heavy atom. The van der Waals surface area contributed by atoms with E-state index in [1.807, 2.05) is 35.8 Å². The Hall–Kier alpha value is -4.22. The van der Waals surface area contributed by atoms with E-state index in [1.54, 1.807) is 14.2 Å². The van der Waals surface area contributed by atoms with Crippen LogP contribution < -0.4 is 5.56 Å². The van der Waals surface area contributed by atoms with Gasteiger partial charge in [0.2, 0.25) is 5.82 Å². The van der Waals surface area contributed by atoms with Crippen LogP contribution >= 0.6 is 0 Å². The van der Waals surface area contributed by atoms with Crippen LogP contribution in [0.25, 0.3) is 33.5 Å². The maximum absolute atomic E-state index is 13.1. The van der Waals surface area contributed by atoms with Crippen molar-refractivity contribution in [2.24, 2.45) is 0 Å². The number of H-pyrrole nitrogens is 2. The second-order valence-electron chi connectivity index (χ2n) is 9.61. The number of methoxy groups -OCH3 is 2. The van der Waals surface area contributed by atoms with Crippen molar-refractivity contribution in [3.05, 3.63) is 76.0 Å². The molecule has 2 N–H and O–H groups in total. The lowest BCUT2D eigenvalue weighted by molar-refractivity contribution is -0.192. The van der Waals surface area contributed by atoms with E-state index < -0.39 is 5.79 Å². The third-order valence-corrected chi connectivity index (χ3v) is 7.05. The van der Waals surface area contributed by atoms with Crippen LogP contribution in [0.5, 0.6) is 0 Å². The van der Waals surface area contributed by atoms with Crippen LogP contribution in [0.1, 0.15) is 43.8 Å². The zero-order chi connectivity index (χ0) is 27.4. The topological polar surface area (TPSA) is 136 Å². The van der Waals surface area contributed by atoms with Crippen LogP contribution in [-0.4, -0.2) is 60.4 Å². The van der Waals surface area contributed by atoms with Crippen molar-refractivity contribution in [2.45, 2.75) is 51.9 Å². The fourth-order valence-corrected chi connectivity index (χ4v) is 4.68. The lowest BCUT2D eigenvalue weighted by atomic mass is 9.98. The van der Waals surface area contributed by atoms with E-state index in [9.17, 15) is 4.79 Å². The number of aromatic amines is 2. The van der Waals surface area contributed by atoms with E-state index in [4.69, 9.17) is 14.5 Å². The summed E-state index contributed by atoms with van der Waals surface area (Å²) in [5, 5.41) is 21.5. The van der Waals surface area contributed by atoms with E-state index in [1.165, 1.54) is 0 Å².